The molecule has 1 aromatic heterocycles. The molecule has 2 heterocycles. The molecule has 0 bridgehead atoms. The number of rotatable bonds is 3. The van der Waals surface area contributed by atoms with Crippen molar-refractivity contribution in [2.45, 2.75) is 26.4 Å². The maximum atomic E-state index is 12.1. The largest absolute Gasteiger partial charge is 0.327 e. The van der Waals surface area contributed by atoms with E-state index in [1.54, 1.807) is 32.0 Å². The Kier molecular flexibility index (Phi) is 3.47. The predicted molar refractivity (Wildman–Crippen MR) is 66.7 cm³/mol. The van der Waals surface area contributed by atoms with E-state index in [0.29, 0.717) is 11.4 Å². The minimum atomic E-state index is -0.302. The quantitative estimate of drug-likeness (QED) is 0.761. The van der Waals surface area contributed by atoms with Crippen molar-refractivity contribution in [3.05, 3.63) is 29.6 Å². The fourth-order valence-corrected chi connectivity index (χ4v) is 2.02. The van der Waals surface area contributed by atoms with E-state index >= 15 is 0 Å². The SMILES string of the molecule is CC(C)N1C(=O)CN(Cc2cccc(C#N)n2)C1=O. The second-order valence-electron chi connectivity index (χ2n) is 4.62. The molecule has 0 N–H and O–H groups in total. The molecule has 0 atom stereocenters. The highest BCUT2D eigenvalue weighted by Crippen LogP contribution is 2.16. The molecule has 0 unspecified atom stereocenters. The van der Waals surface area contributed by atoms with Crippen molar-refractivity contribution in [1.82, 2.24) is 14.8 Å². The predicted octanol–water partition coefficient (Wildman–Crippen LogP) is 1.13. The summed E-state index contributed by atoms with van der Waals surface area (Å²) in [6.45, 7) is 3.90. The van der Waals surface area contributed by atoms with Crippen LogP contribution < -0.4 is 0 Å². The average Bonchev–Trinajstić information content (AvgIpc) is 2.64. The van der Waals surface area contributed by atoms with E-state index in [9.17, 15) is 9.59 Å². The van der Waals surface area contributed by atoms with E-state index in [2.05, 4.69) is 4.98 Å². The van der Waals surface area contributed by atoms with Gasteiger partial charge in [-0.2, -0.15) is 5.26 Å². The first-order chi connectivity index (χ1) is 9.02. The van der Waals surface area contributed by atoms with Gasteiger partial charge in [0.15, 0.2) is 0 Å². The lowest BCUT2D eigenvalue weighted by Gasteiger charge is -2.19. The molecule has 0 aromatic carbocycles. The van der Waals surface area contributed by atoms with Gasteiger partial charge in [-0.1, -0.05) is 6.07 Å². The lowest BCUT2D eigenvalue weighted by molar-refractivity contribution is -0.126. The van der Waals surface area contributed by atoms with Gasteiger partial charge in [-0.25, -0.2) is 9.78 Å². The van der Waals surface area contributed by atoms with Crippen molar-refractivity contribution < 1.29 is 9.59 Å². The highest BCUT2D eigenvalue weighted by atomic mass is 16.2. The summed E-state index contributed by atoms with van der Waals surface area (Å²) in [4.78, 5) is 30.6. The maximum Gasteiger partial charge on any atom is 0.327 e. The number of nitrogens with zero attached hydrogens (tertiary/aromatic N) is 4. The van der Waals surface area contributed by atoms with Gasteiger partial charge in [-0.15, -0.1) is 0 Å². The molecule has 1 aliphatic heterocycles. The Morgan fingerprint density at radius 2 is 2.16 bits per heavy atom. The number of aromatic nitrogens is 1. The van der Waals surface area contributed by atoms with Crippen LogP contribution in [0.25, 0.3) is 0 Å². The van der Waals surface area contributed by atoms with Crippen LogP contribution in [0, 0.1) is 11.3 Å². The third kappa shape index (κ3) is 2.55. The Balaban J connectivity index is 2.14. The third-order valence-electron chi connectivity index (χ3n) is 2.86. The Bertz CT molecular complexity index is 562. The number of nitriles is 1. The molecular formula is C13H14N4O2. The highest BCUT2D eigenvalue weighted by molar-refractivity contribution is 6.02. The molecule has 1 fully saturated rings. The first-order valence-corrected chi connectivity index (χ1v) is 6.00. The van der Waals surface area contributed by atoms with Gasteiger partial charge in [0.25, 0.3) is 5.91 Å². The molecule has 98 valence electrons. The van der Waals surface area contributed by atoms with Gasteiger partial charge in [0.05, 0.1) is 12.2 Å². The molecule has 1 aromatic rings. The lowest BCUT2D eigenvalue weighted by atomic mass is 10.3. The summed E-state index contributed by atoms with van der Waals surface area (Å²) in [5.41, 5.74) is 0.905. The molecule has 2 rings (SSSR count). The Morgan fingerprint density at radius 1 is 1.42 bits per heavy atom. The number of imide groups is 1. The van der Waals surface area contributed by atoms with Crippen molar-refractivity contribution in [3.8, 4) is 6.07 Å². The summed E-state index contributed by atoms with van der Waals surface area (Å²) >= 11 is 0. The Hall–Kier alpha value is -2.42. The summed E-state index contributed by atoms with van der Waals surface area (Å²) in [6, 6.07) is 6.54. The van der Waals surface area contributed by atoms with Gasteiger partial charge in [-0.3, -0.25) is 9.69 Å². The molecule has 6 nitrogen and oxygen atoms in total. The number of amides is 3. The fourth-order valence-electron chi connectivity index (χ4n) is 2.02. The van der Waals surface area contributed by atoms with Gasteiger partial charge in [0.1, 0.15) is 18.3 Å². The normalized spacial score (nSPS) is 15.3. The van der Waals surface area contributed by atoms with Gasteiger partial charge in [0.2, 0.25) is 0 Å². The van der Waals surface area contributed by atoms with Crippen LogP contribution >= 0.6 is 0 Å². The van der Waals surface area contributed by atoms with Gasteiger partial charge >= 0.3 is 6.03 Å². The zero-order valence-electron chi connectivity index (χ0n) is 10.8. The number of carbonyl (C=O) groups excluding carboxylic acids is 2. The lowest BCUT2D eigenvalue weighted by Crippen LogP contribution is -2.38. The van der Waals surface area contributed by atoms with E-state index in [0.717, 1.165) is 0 Å². The smallest absolute Gasteiger partial charge is 0.309 e. The average molecular weight is 258 g/mol. The van der Waals surface area contributed by atoms with E-state index in [1.165, 1.54) is 9.80 Å². The number of hydrogen-bond acceptors (Lipinski definition) is 4. The first kappa shape index (κ1) is 13.0. The van der Waals surface area contributed by atoms with E-state index in [1.807, 2.05) is 6.07 Å². The second kappa shape index (κ2) is 5.06. The molecule has 0 radical (unpaired) electrons. The van der Waals surface area contributed by atoms with Crippen molar-refractivity contribution in [3.63, 3.8) is 0 Å². The molecule has 1 aliphatic rings. The van der Waals surface area contributed by atoms with Crippen LogP contribution in [0.3, 0.4) is 0 Å². The molecule has 1 saturated heterocycles. The number of carbonyl (C=O) groups is 2. The summed E-state index contributed by atoms with van der Waals surface area (Å²) in [5, 5.41) is 8.78. The van der Waals surface area contributed by atoms with Crippen LogP contribution in [0.4, 0.5) is 4.79 Å². The summed E-state index contributed by atoms with van der Waals surface area (Å²) in [6.07, 6.45) is 0. The summed E-state index contributed by atoms with van der Waals surface area (Å²) in [7, 11) is 0. The van der Waals surface area contributed by atoms with Crippen LogP contribution in [0.2, 0.25) is 0 Å². The molecule has 3 amide bonds. The zero-order chi connectivity index (χ0) is 14.0. The van der Waals surface area contributed by atoms with Crippen LogP contribution in [-0.4, -0.2) is 39.3 Å². The van der Waals surface area contributed by atoms with Crippen molar-refractivity contribution >= 4 is 11.9 Å². The molecule has 0 saturated carbocycles. The van der Waals surface area contributed by atoms with Crippen molar-refractivity contribution in [1.29, 1.82) is 5.26 Å². The topological polar surface area (TPSA) is 77.3 Å². The van der Waals surface area contributed by atoms with Crippen LogP contribution in [-0.2, 0) is 11.3 Å². The minimum absolute atomic E-state index is 0.0650. The van der Waals surface area contributed by atoms with Gasteiger partial charge in [0, 0.05) is 6.04 Å². The number of hydrogen-bond donors (Lipinski definition) is 0. The van der Waals surface area contributed by atoms with Crippen LogP contribution in [0.15, 0.2) is 18.2 Å². The van der Waals surface area contributed by atoms with Gasteiger partial charge < -0.3 is 4.90 Å². The fraction of sp³-hybridized carbons (Fsp3) is 0.385. The third-order valence-corrected chi connectivity index (χ3v) is 2.86. The summed E-state index contributed by atoms with van der Waals surface area (Å²) in [5.74, 6) is -0.198. The highest BCUT2D eigenvalue weighted by Gasteiger charge is 2.37. The zero-order valence-corrected chi connectivity index (χ0v) is 10.8. The summed E-state index contributed by atoms with van der Waals surface area (Å²) < 4.78 is 0. The maximum absolute atomic E-state index is 12.1. The van der Waals surface area contributed by atoms with Crippen LogP contribution in [0.5, 0.6) is 0 Å². The minimum Gasteiger partial charge on any atom is -0.309 e. The molecule has 19 heavy (non-hydrogen) atoms. The van der Waals surface area contributed by atoms with E-state index in [4.69, 9.17) is 5.26 Å². The van der Waals surface area contributed by atoms with Gasteiger partial charge in [-0.05, 0) is 26.0 Å². The molecular weight excluding hydrogens is 244 g/mol. The van der Waals surface area contributed by atoms with Crippen molar-refractivity contribution in [2.75, 3.05) is 6.54 Å². The van der Waals surface area contributed by atoms with Crippen molar-refractivity contribution in [2.24, 2.45) is 0 Å². The second-order valence-corrected chi connectivity index (χ2v) is 4.62. The Morgan fingerprint density at radius 3 is 2.74 bits per heavy atom. The standard InChI is InChI=1S/C13H14N4O2/c1-9(2)17-12(18)8-16(13(17)19)7-11-5-3-4-10(6-14)15-11/h3-5,9H,7-8H2,1-2H3. The van der Waals surface area contributed by atoms with E-state index < -0.39 is 0 Å². The monoisotopic (exact) mass is 258 g/mol. The molecule has 6 heteroatoms. The molecule has 0 spiro atoms. The number of urea groups is 1. The van der Waals surface area contributed by atoms with Crippen LogP contribution in [0.1, 0.15) is 25.2 Å². The number of pyridine rings is 1. The Labute approximate surface area is 111 Å². The molecule has 0 aliphatic carbocycles. The van der Waals surface area contributed by atoms with E-state index in [-0.39, 0.29) is 31.1 Å². The first-order valence-electron chi connectivity index (χ1n) is 6.00.